The first-order valence-corrected chi connectivity index (χ1v) is 9.46. The van der Waals surface area contributed by atoms with Crippen LogP contribution in [0, 0.1) is 0 Å². The van der Waals surface area contributed by atoms with Crippen LogP contribution in [0.2, 0.25) is 0 Å². The summed E-state index contributed by atoms with van der Waals surface area (Å²) in [6, 6.07) is 15.1. The number of carbonyl (C=O) groups excluding carboxylic acids is 1. The Kier molecular flexibility index (Phi) is 5.38. The number of ether oxygens (including phenoxy) is 3. The van der Waals surface area contributed by atoms with Gasteiger partial charge in [-0.2, -0.15) is 5.10 Å². The summed E-state index contributed by atoms with van der Waals surface area (Å²) in [4.78, 5) is 25.0. The Balaban J connectivity index is 1.53. The fourth-order valence-electron chi connectivity index (χ4n) is 3.20. The summed E-state index contributed by atoms with van der Waals surface area (Å²) in [5.74, 6) is 1.65. The molecule has 2 aromatic carbocycles. The SMILES string of the molecule is COc1ccccc1CNC(=O)C(C)n1nc(-c2ccc3c(c2)OCO3)ccc1=O. The lowest BCUT2D eigenvalue weighted by atomic mass is 10.1. The van der Waals surface area contributed by atoms with Crippen LogP contribution in [0.15, 0.2) is 59.4 Å². The van der Waals surface area contributed by atoms with E-state index in [1.54, 1.807) is 32.2 Å². The quantitative estimate of drug-likeness (QED) is 0.675. The van der Waals surface area contributed by atoms with Crippen LogP contribution in [0.4, 0.5) is 0 Å². The molecular weight excluding hydrogens is 386 g/mol. The number of hydrogen-bond donors (Lipinski definition) is 1. The fraction of sp³-hybridized carbons (Fsp3) is 0.227. The number of fused-ring (bicyclic) bond motifs is 1. The number of amides is 1. The van der Waals surface area contributed by atoms with Crippen LogP contribution >= 0.6 is 0 Å². The third-order valence-electron chi connectivity index (χ3n) is 4.89. The van der Waals surface area contributed by atoms with Gasteiger partial charge in [0.1, 0.15) is 11.8 Å². The molecule has 154 valence electrons. The van der Waals surface area contributed by atoms with Crippen molar-refractivity contribution in [3.63, 3.8) is 0 Å². The highest BCUT2D eigenvalue weighted by Crippen LogP contribution is 2.35. The monoisotopic (exact) mass is 407 g/mol. The molecular formula is C22H21N3O5. The number of aromatic nitrogens is 2. The molecule has 1 atom stereocenters. The van der Waals surface area contributed by atoms with E-state index in [2.05, 4.69) is 10.4 Å². The zero-order valence-electron chi connectivity index (χ0n) is 16.6. The normalized spacial score (nSPS) is 13.0. The van der Waals surface area contributed by atoms with E-state index in [0.29, 0.717) is 22.9 Å². The van der Waals surface area contributed by atoms with Gasteiger partial charge in [0.05, 0.1) is 12.8 Å². The second-order valence-corrected chi connectivity index (χ2v) is 6.78. The van der Waals surface area contributed by atoms with Crippen molar-refractivity contribution in [2.75, 3.05) is 13.9 Å². The third kappa shape index (κ3) is 3.84. The summed E-state index contributed by atoms with van der Waals surface area (Å²) in [7, 11) is 1.58. The minimum atomic E-state index is -0.791. The van der Waals surface area contributed by atoms with E-state index in [-0.39, 0.29) is 24.8 Å². The van der Waals surface area contributed by atoms with Crippen LogP contribution in [-0.2, 0) is 11.3 Å². The average molecular weight is 407 g/mol. The second kappa shape index (κ2) is 8.28. The molecule has 0 bridgehead atoms. The van der Waals surface area contributed by atoms with Gasteiger partial charge in [-0.15, -0.1) is 0 Å². The summed E-state index contributed by atoms with van der Waals surface area (Å²) < 4.78 is 17.2. The van der Waals surface area contributed by atoms with Gasteiger partial charge in [-0.3, -0.25) is 9.59 Å². The molecule has 0 fully saturated rings. The molecule has 3 aromatic rings. The number of methoxy groups -OCH3 is 1. The maximum Gasteiger partial charge on any atom is 0.267 e. The summed E-state index contributed by atoms with van der Waals surface area (Å²) >= 11 is 0. The molecule has 0 aliphatic carbocycles. The van der Waals surface area contributed by atoms with Crippen molar-refractivity contribution in [3.8, 4) is 28.5 Å². The molecule has 0 saturated heterocycles. The largest absolute Gasteiger partial charge is 0.496 e. The maximum absolute atomic E-state index is 12.7. The van der Waals surface area contributed by atoms with Gasteiger partial charge in [-0.05, 0) is 37.3 Å². The van der Waals surface area contributed by atoms with E-state index in [1.807, 2.05) is 30.3 Å². The molecule has 30 heavy (non-hydrogen) atoms. The molecule has 4 rings (SSSR count). The summed E-state index contributed by atoms with van der Waals surface area (Å²) in [5, 5.41) is 7.24. The van der Waals surface area contributed by atoms with Gasteiger partial charge in [-0.1, -0.05) is 18.2 Å². The van der Waals surface area contributed by atoms with Crippen LogP contribution in [0.25, 0.3) is 11.3 Å². The molecule has 1 aliphatic rings. The topological polar surface area (TPSA) is 91.7 Å². The number of benzene rings is 2. The highest BCUT2D eigenvalue weighted by molar-refractivity contribution is 5.79. The number of hydrogen-bond acceptors (Lipinski definition) is 6. The molecule has 2 heterocycles. The van der Waals surface area contributed by atoms with Gasteiger partial charge >= 0.3 is 0 Å². The Hall–Kier alpha value is -3.81. The zero-order valence-corrected chi connectivity index (χ0v) is 16.6. The Morgan fingerprint density at radius 2 is 1.97 bits per heavy atom. The van der Waals surface area contributed by atoms with E-state index in [4.69, 9.17) is 14.2 Å². The molecule has 1 aromatic heterocycles. The molecule has 1 amide bonds. The summed E-state index contributed by atoms with van der Waals surface area (Å²) in [5.41, 5.74) is 1.79. The van der Waals surface area contributed by atoms with Crippen molar-refractivity contribution < 1.29 is 19.0 Å². The van der Waals surface area contributed by atoms with Gasteiger partial charge in [0.25, 0.3) is 5.56 Å². The molecule has 8 nitrogen and oxygen atoms in total. The lowest BCUT2D eigenvalue weighted by molar-refractivity contribution is -0.124. The zero-order chi connectivity index (χ0) is 21.1. The van der Waals surface area contributed by atoms with E-state index in [9.17, 15) is 9.59 Å². The molecule has 0 radical (unpaired) electrons. The van der Waals surface area contributed by atoms with Crippen molar-refractivity contribution in [1.29, 1.82) is 0 Å². The van der Waals surface area contributed by atoms with Gasteiger partial charge in [0, 0.05) is 23.7 Å². The summed E-state index contributed by atoms with van der Waals surface area (Å²) in [6.07, 6.45) is 0. The number of rotatable bonds is 6. The molecule has 0 spiro atoms. The Labute approximate surface area is 173 Å². The van der Waals surface area contributed by atoms with Gasteiger partial charge in [0.15, 0.2) is 11.5 Å². The number of para-hydroxylation sites is 1. The number of nitrogens with one attached hydrogen (secondary N) is 1. The first-order valence-electron chi connectivity index (χ1n) is 9.46. The van der Waals surface area contributed by atoms with Gasteiger partial charge in [-0.25, -0.2) is 4.68 Å². The number of nitrogens with zero attached hydrogens (tertiary/aromatic N) is 2. The van der Waals surface area contributed by atoms with Crippen LogP contribution in [0.5, 0.6) is 17.2 Å². The highest BCUT2D eigenvalue weighted by atomic mass is 16.7. The Morgan fingerprint density at radius 1 is 1.17 bits per heavy atom. The second-order valence-electron chi connectivity index (χ2n) is 6.78. The van der Waals surface area contributed by atoms with Gasteiger partial charge in [0.2, 0.25) is 12.7 Å². The Morgan fingerprint density at radius 3 is 2.80 bits per heavy atom. The van der Waals surface area contributed by atoms with Crippen LogP contribution in [-0.4, -0.2) is 29.6 Å². The third-order valence-corrected chi connectivity index (χ3v) is 4.89. The first kappa shape index (κ1) is 19.5. The predicted octanol–water partition coefficient (Wildman–Crippen LogP) is 2.53. The predicted molar refractivity (Wildman–Crippen MR) is 110 cm³/mol. The van der Waals surface area contributed by atoms with Crippen molar-refractivity contribution in [1.82, 2.24) is 15.1 Å². The van der Waals surface area contributed by atoms with Crippen molar-refractivity contribution in [2.24, 2.45) is 0 Å². The lowest BCUT2D eigenvalue weighted by Gasteiger charge is -2.16. The van der Waals surface area contributed by atoms with Crippen LogP contribution < -0.4 is 25.1 Å². The van der Waals surface area contributed by atoms with Crippen molar-refractivity contribution >= 4 is 5.91 Å². The highest BCUT2D eigenvalue weighted by Gasteiger charge is 2.19. The average Bonchev–Trinajstić information content (AvgIpc) is 3.25. The first-order chi connectivity index (χ1) is 14.6. The minimum absolute atomic E-state index is 0.176. The van der Waals surface area contributed by atoms with E-state index in [0.717, 1.165) is 11.1 Å². The van der Waals surface area contributed by atoms with E-state index < -0.39 is 6.04 Å². The smallest absolute Gasteiger partial charge is 0.267 e. The van der Waals surface area contributed by atoms with E-state index in [1.165, 1.54) is 10.7 Å². The number of carbonyl (C=O) groups is 1. The van der Waals surface area contributed by atoms with Crippen LogP contribution in [0.1, 0.15) is 18.5 Å². The molecule has 1 N–H and O–H groups in total. The summed E-state index contributed by atoms with van der Waals surface area (Å²) in [6.45, 7) is 2.09. The molecule has 8 heteroatoms. The standard InChI is InChI=1S/C22H21N3O5/c1-14(22(27)23-12-16-5-3-4-6-18(16)28-2)25-21(26)10-8-17(24-25)15-7-9-19-20(11-15)30-13-29-19/h3-11,14H,12-13H2,1-2H3,(H,23,27). The van der Waals surface area contributed by atoms with Gasteiger partial charge < -0.3 is 19.5 Å². The minimum Gasteiger partial charge on any atom is -0.496 e. The Bertz CT molecular complexity index is 1140. The lowest BCUT2D eigenvalue weighted by Crippen LogP contribution is -2.36. The van der Waals surface area contributed by atoms with Crippen LogP contribution in [0.3, 0.4) is 0 Å². The fourth-order valence-corrected chi connectivity index (χ4v) is 3.20. The molecule has 1 unspecified atom stereocenters. The molecule has 1 aliphatic heterocycles. The van der Waals surface area contributed by atoms with Crippen molar-refractivity contribution in [3.05, 3.63) is 70.5 Å². The van der Waals surface area contributed by atoms with E-state index >= 15 is 0 Å². The maximum atomic E-state index is 12.7. The van der Waals surface area contributed by atoms with Crippen molar-refractivity contribution in [2.45, 2.75) is 19.5 Å². The molecule has 0 saturated carbocycles.